The summed E-state index contributed by atoms with van der Waals surface area (Å²) in [4.78, 5) is 29.8. The second-order valence-corrected chi connectivity index (χ2v) is 8.22. The maximum atomic E-state index is 12.9. The Morgan fingerprint density at radius 3 is 2.53 bits per heavy atom. The molecule has 0 spiro atoms. The number of carbonyl (C=O) groups is 2. The summed E-state index contributed by atoms with van der Waals surface area (Å²) in [5, 5.41) is 3.08. The molecule has 6 nitrogen and oxygen atoms in total. The van der Waals surface area contributed by atoms with Crippen molar-refractivity contribution in [2.24, 2.45) is 5.92 Å². The molecule has 0 radical (unpaired) electrons. The summed E-state index contributed by atoms with van der Waals surface area (Å²) >= 11 is 0. The van der Waals surface area contributed by atoms with E-state index < -0.39 is 0 Å². The number of piperidine rings is 1. The molecule has 2 aromatic carbocycles. The molecule has 0 aromatic heterocycles. The summed E-state index contributed by atoms with van der Waals surface area (Å²) < 4.78 is 5.18. The monoisotopic (exact) mass is 407 g/mol. The first-order valence-electron chi connectivity index (χ1n) is 10.5. The van der Waals surface area contributed by atoms with Crippen LogP contribution in [0.4, 0.5) is 0 Å². The number of methoxy groups -OCH3 is 1. The van der Waals surface area contributed by atoms with E-state index in [1.165, 1.54) is 0 Å². The van der Waals surface area contributed by atoms with Gasteiger partial charge in [-0.25, -0.2) is 0 Å². The Kier molecular flexibility index (Phi) is 6.04. The zero-order valence-corrected chi connectivity index (χ0v) is 17.6. The molecule has 0 bridgehead atoms. The van der Waals surface area contributed by atoms with Crippen molar-refractivity contribution in [1.82, 2.24) is 15.1 Å². The minimum Gasteiger partial charge on any atom is -0.497 e. The largest absolute Gasteiger partial charge is 0.497 e. The molecule has 2 aliphatic rings. The SMILES string of the molecule is COc1ccc(CNC(=O)[C@@H]2C[C@@H]3CN(C(=O)c4ccccc4)CC[C@H]3N2C)cc1. The maximum Gasteiger partial charge on any atom is 0.253 e. The molecule has 2 amide bonds. The van der Waals surface area contributed by atoms with Gasteiger partial charge in [-0.3, -0.25) is 14.5 Å². The number of hydrogen-bond donors (Lipinski definition) is 1. The number of nitrogens with zero attached hydrogens (tertiary/aromatic N) is 2. The molecule has 4 rings (SSSR count). The van der Waals surface area contributed by atoms with Crippen molar-refractivity contribution < 1.29 is 14.3 Å². The zero-order chi connectivity index (χ0) is 21.1. The van der Waals surface area contributed by atoms with Gasteiger partial charge in [0.1, 0.15) is 5.75 Å². The number of nitrogens with one attached hydrogen (secondary N) is 1. The van der Waals surface area contributed by atoms with Crippen LogP contribution in [0.2, 0.25) is 0 Å². The highest BCUT2D eigenvalue weighted by Gasteiger charge is 2.45. The van der Waals surface area contributed by atoms with Gasteiger partial charge in [0.15, 0.2) is 0 Å². The summed E-state index contributed by atoms with van der Waals surface area (Å²) in [6, 6.07) is 17.4. The number of carbonyl (C=O) groups excluding carboxylic acids is 2. The average Bonchev–Trinajstić information content (AvgIpc) is 3.13. The van der Waals surface area contributed by atoms with Crippen LogP contribution in [0.25, 0.3) is 0 Å². The number of benzene rings is 2. The maximum absolute atomic E-state index is 12.9. The average molecular weight is 408 g/mol. The van der Waals surface area contributed by atoms with Crippen molar-refractivity contribution in [2.45, 2.75) is 31.5 Å². The standard InChI is InChI=1S/C24H29N3O3/c1-26-21-12-13-27(24(29)18-6-4-3-5-7-18)16-19(21)14-22(26)23(28)25-15-17-8-10-20(30-2)11-9-17/h3-11,19,21-22H,12-16H2,1-2H3,(H,25,28)/t19-,21-,22+/m1/s1. The Morgan fingerprint density at radius 1 is 1.10 bits per heavy atom. The number of rotatable bonds is 5. The minimum absolute atomic E-state index is 0.0589. The quantitative estimate of drug-likeness (QED) is 0.828. The van der Waals surface area contributed by atoms with Crippen LogP contribution in [0, 0.1) is 5.92 Å². The van der Waals surface area contributed by atoms with E-state index in [-0.39, 0.29) is 17.9 Å². The van der Waals surface area contributed by atoms with Gasteiger partial charge >= 0.3 is 0 Å². The van der Waals surface area contributed by atoms with Crippen LogP contribution in [0.1, 0.15) is 28.8 Å². The summed E-state index contributed by atoms with van der Waals surface area (Å²) in [5.74, 6) is 1.28. The van der Waals surface area contributed by atoms with E-state index in [1.54, 1.807) is 7.11 Å². The molecular weight excluding hydrogens is 378 g/mol. The number of amides is 2. The lowest BCUT2D eigenvalue weighted by atomic mass is 9.91. The Balaban J connectivity index is 1.34. The third kappa shape index (κ3) is 4.19. The molecule has 2 aliphatic heterocycles. The van der Waals surface area contributed by atoms with Gasteiger partial charge in [0.25, 0.3) is 5.91 Å². The number of likely N-dealkylation sites (N-methyl/N-ethyl adjacent to an activating group) is 1. The third-order valence-corrected chi connectivity index (χ3v) is 6.47. The van der Waals surface area contributed by atoms with E-state index in [1.807, 2.05) is 66.5 Å². The Hall–Kier alpha value is -2.86. The fourth-order valence-corrected chi connectivity index (χ4v) is 4.76. The van der Waals surface area contributed by atoms with Crippen molar-refractivity contribution in [3.63, 3.8) is 0 Å². The fraction of sp³-hybridized carbons (Fsp3) is 0.417. The van der Waals surface area contributed by atoms with Crippen LogP contribution in [0.15, 0.2) is 54.6 Å². The highest BCUT2D eigenvalue weighted by Crippen LogP contribution is 2.35. The summed E-state index contributed by atoms with van der Waals surface area (Å²) in [6.45, 7) is 1.95. The van der Waals surface area contributed by atoms with E-state index in [2.05, 4.69) is 10.2 Å². The van der Waals surface area contributed by atoms with Gasteiger partial charge in [0, 0.05) is 31.2 Å². The number of hydrogen-bond acceptors (Lipinski definition) is 4. The number of ether oxygens (including phenoxy) is 1. The lowest BCUT2D eigenvalue weighted by Crippen LogP contribution is -2.49. The van der Waals surface area contributed by atoms with Gasteiger partial charge in [-0.1, -0.05) is 30.3 Å². The van der Waals surface area contributed by atoms with Crippen LogP contribution < -0.4 is 10.1 Å². The van der Waals surface area contributed by atoms with Crippen molar-refractivity contribution in [2.75, 3.05) is 27.2 Å². The first-order chi connectivity index (χ1) is 14.6. The summed E-state index contributed by atoms with van der Waals surface area (Å²) in [6.07, 6.45) is 1.69. The highest BCUT2D eigenvalue weighted by molar-refractivity contribution is 5.94. The first kappa shape index (κ1) is 20.4. The minimum atomic E-state index is -0.148. The van der Waals surface area contributed by atoms with E-state index in [9.17, 15) is 9.59 Å². The van der Waals surface area contributed by atoms with E-state index in [0.29, 0.717) is 25.0 Å². The molecule has 0 aliphatic carbocycles. The number of fused-ring (bicyclic) bond motifs is 1. The third-order valence-electron chi connectivity index (χ3n) is 6.47. The lowest BCUT2D eigenvalue weighted by molar-refractivity contribution is -0.125. The van der Waals surface area contributed by atoms with Gasteiger partial charge in [0.05, 0.1) is 13.2 Å². The topological polar surface area (TPSA) is 61.9 Å². The van der Waals surface area contributed by atoms with Gasteiger partial charge in [-0.2, -0.15) is 0 Å². The van der Waals surface area contributed by atoms with Crippen molar-refractivity contribution in [3.8, 4) is 5.75 Å². The predicted octanol–water partition coefficient (Wildman–Crippen LogP) is 2.55. The molecule has 0 saturated carbocycles. The Bertz CT molecular complexity index is 884. The molecular formula is C24H29N3O3. The fourth-order valence-electron chi connectivity index (χ4n) is 4.76. The van der Waals surface area contributed by atoms with Crippen LogP contribution in [0.3, 0.4) is 0 Å². The van der Waals surface area contributed by atoms with E-state index >= 15 is 0 Å². The molecule has 2 saturated heterocycles. The molecule has 0 unspecified atom stereocenters. The van der Waals surface area contributed by atoms with Crippen LogP contribution in [-0.4, -0.2) is 60.9 Å². The highest BCUT2D eigenvalue weighted by atomic mass is 16.5. The molecule has 3 atom stereocenters. The van der Waals surface area contributed by atoms with E-state index in [4.69, 9.17) is 4.74 Å². The summed E-state index contributed by atoms with van der Waals surface area (Å²) in [5.41, 5.74) is 1.78. The van der Waals surface area contributed by atoms with Crippen molar-refractivity contribution in [1.29, 1.82) is 0 Å². The molecule has 2 fully saturated rings. The Morgan fingerprint density at radius 2 is 1.83 bits per heavy atom. The number of likely N-dealkylation sites (tertiary alicyclic amines) is 2. The van der Waals surface area contributed by atoms with Crippen molar-refractivity contribution in [3.05, 3.63) is 65.7 Å². The van der Waals surface area contributed by atoms with Gasteiger partial charge in [-0.05, 0) is 55.6 Å². The van der Waals surface area contributed by atoms with Gasteiger partial charge in [0.2, 0.25) is 5.91 Å². The smallest absolute Gasteiger partial charge is 0.253 e. The second-order valence-electron chi connectivity index (χ2n) is 8.22. The Labute approximate surface area is 177 Å². The van der Waals surface area contributed by atoms with Gasteiger partial charge in [-0.15, -0.1) is 0 Å². The van der Waals surface area contributed by atoms with Crippen LogP contribution in [-0.2, 0) is 11.3 Å². The van der Waals surface area contributed by atoms with Crippen LogP contribution in [0.5, 0.6) is 5.75 Å². The zero-order valence-electron chi connectivity index (χ0n) is 17.6. The van der Waals surface area contributed by atoms with Gasteiger partial charge < -0.3 is 15.0 Å². The van der Waals surface area contributed by atoms with Crippen LogP contribution >= 0.6 is 0 Å². The molecule has 1 N–H and O–H groups in total. The van der Waals surface area contributed by atoms with Crippen molar-refractivity contribution >= 4 is 11.8 Å². The lowest BCUT2D eigenvalue weighted by Gasteiger charge is -2.37. The first-order valence-corrected chi connectivity index (χ1v) is 10.5. The predicted molar refractivity (Wildman–Crippen MR) is 115 cm³/mol. The molecule has 30 heavy (non-hydrogen) atoms. The molecule has 2 heterocycles. The summed E-state index contributed by atoms with van der Waals surface area (Å²) in [7, 11) is 3.68. The molecule has 6 heteroatoms. The normalized spacial score (nSPS) is 23.7. The molecule has 158 valence electrons. The second kappa shape index (κ2) is 8.88. The van der Waals surface area contributed by atoms with E-state index in [0.717, 1.165) is 36.3 Å². The molecule has 2 aromatic rings.